The molecule has 0 spiro atoms. The van der Waals surface area contributed by atoms with Crippen molar-refractivity contribution in [3.63, 3.8) is 0 Å². The van der Waals surface area contributed by atoms with Crippen LogP contribution in [-0.4, -0.2) is 42.8 Å². The van der Waals surface area contributed by atoms with Gasteiger partial charge in [0.25, 0.3) is 0 Å². The van der Waals surface area contributed by atoms with Crippen LogP contribution in [0.15, 0.2) is 11.0 Å². The first kappa shape index (κ1) is 20.3. The average Bonchev–Trinajstić information content (AvgIpc) is 3.50. The predicted octanol–water partition coefficient (Wildman–Crippen LogP) is 0.821. The number of piperazine rings is 1. The number of carboxylic acids is 1. The normalized spacial score (nSPS) is 19.5. The molecule has 1 aliphatic heterocycles. The number of ether oxygens (including phenoxy) is 1. The number of aromatic nitrogens is 1. The molecular formula is C19H20F3N4O4-. The van der Waals surface area contributed by atoms with Crippen molar-refractivity contribution in [3.8, 4) is 5.75 Å². The highest BCUT2D eigenvalue weighted by Crippen LogP contribution is 2.46. The van der Waals surface area contributed by atoms with E-state index in [1.165, 1.54) is 4.57 Å². The number of carbonyl (C=O) groups is 1. The lowest BCUT2D eigenvalue weighted by Crippen LogP contribution is -2.49. The fraction of sp³-hybridized carbons (Fsp3) is 0.474. The highest BCUT2D eigenvalue weighted by molar-refractivity contribution is 6.03. The molecule has 3 N–H and O–H groups in total. The maximum Gasteiger partial charge on any atom is 0.387 e. The Hall–Kier alpha value is -2.95. The number of nitrogen functional groups attached to an aromatic ring is 1. The molecule has 1 aromatic heterocycles. The van der Waals surface area contributed by atoms with Gasteiger partial charge in [-0.3, -0.25) is 4.79 Å². The van der Waals surface area contributed by atoms with E-state index >= 15 is 4.39 Å². The third-order valence-electron chi connectivity index (χ3n) is 5.43. The molecule has 1 unspecified atom stereocenters. The second-order valence-electron chi connectivity index (χ2n) is 7.61. The van der Waals surface area contributed by atoms with E-state index in [4.69, 9.17) is 10.5 Å². The Morgan fingerprint density at radius 3 is 2.67 bits per heavy atom. The number of rotatable bonds is 5. The first-order chi connectivity index (χ1) is 14.2. The van der Waals surface area contributed by atoms with Gasteiger partial charge in [-0.15, -0.1) is 0 Å². The molecule has 1 aromatic carbocycles. The summed E-state index contributed by atoms with van der Waals surface area (Å²) in [6.45, 7) is -0.359. The Morgan fingerprint density at radius 1 is 1.40 bits per heavy atom. The van der Waals surface area contributed by atoms with Crippen LogP contribution in [0.5, 0.6) is 5.75 Å². The van der Waals surface area contributed by atoms with Crippen LogP contribution in [0.3, 0.4) is 0 Å². The quantitative estimate of drug-likeness (QED) is 0.682. The zero-order chi connectivity index (χ0) is 21.7. The van der Waals surface area contributed by atoms with E-state index in [1.807, 2.05) is 6.92 Å². The van der Waals surface area contributed by atoms with E-state index in [0.717, 1.165) is 6.20 Å². The lowest BCUT2D eigenvalue weighted by molar-refractivity contribution is -0.255. The van der Waals surface area contributed by atoms with Crippen molar-refractivity contribution in [3.05, 3.63) is 27.8 Å². The van der Waals surface area contributed by atoms with Gasteiger partial charge < -0.3 is 35.2 Å². The topological polar surface area (TPSA) is 113 Å². The summed E-state index contributed by atoms with van der Waals surface area (Å²) in [5.41, 5.74) is 3.12. The lowest BCUT2D eigenvalue weighted by atomic mass is 10.0. The van der Waals surface area contributed by atoms with Gasteiger partial charge in [0.1, 0.15) is 5.69 Å². The molecule has 0 amide bonds. The standard InChI is InChI=1S/C19H21F3N4O4/c1-8-6-25(5-4-24-8)15-12(20)13(23)11-14(17(15)30-19(21)22)26(9-2-3-9)7-10(16(11)27)18(28)29/h7-9,19,24H,2-6,23H2,1H3,(H,28,29)/p-1. The maximum atomic E-state index is 15.4. The first-order valence-corrected chi connectivity index (χ1v) is 9.55. The van der Waals surface area contributed by atoms with Crippen LogP contribution in [-0.2, 0) is 0 Å². The third kappa shape index (κ3) is 3.32. The molecule has 4 rings (SSSR count). The molecule has 30 heavy (non-hydrogen) atoms. The molecule has 11 heteroatoms. The number of nitrogens with one attached hydrogen (secondary N) is 1. The van der Waals surface area contributed by atoms with Crippen molar-refractivity contribution in [2.75, 3.05) is 30.3 Å². The number of hydrogen-bond acceptors (Lipinski definition) is 7. The van der Waals surface area contributed by atoms with Gasteiger partial charge in [-0.1, -0.05) is 0 Å². The van der Waals surface area contributed by atoms with E-state index < -0.39 is 46.2 Å². The van der Waals surface area contributed by atoms with E-state index in [-0.39, 0.29) is 23.3 Å². The first-order valence-electron chi connectivity index (χ1n) is 9.55. The Balaban J connectivity index is 2.11. The van der Waals surface area contributed by atoms with Crippen LogP contribution in [0.4, 0.5) is 24.5 Å². The number of benzene rings is 1. The summed E-state index contributed by atoms with van der Waals surface area (Å²) in [4.78, 5) is 25.8. The van der Waals surface area contributed by atoms with Crippen molar-refractivity contribution in [2.24, 2.45) is 0 Å². The lowest BCUT2D eigenvalue weighted by Gasteiger charge is -2.35. The van der Waals surface area contributed by atoms with Gasteiger partial charge >= 0.3 is 6.61 Å². The van der Waals surface area contributed by atoms with Crippen molar-refractivity contribution >= 4 is 28.2 Å². The molecule has 2 heterocycles. The number of halogens is 3. The van der Waals surface area contributed by atoms with Gasteiger partial charge in [0.05, 0.1) is 28.1 Å². The van der Waals surface area contributed by atoms with E-state index in [1.54, 1.807) is 4.90 Å². The van der Waals surface area contributed by atoms with E-state index in [0.29, 0.717) is 32.5 Å². The van der Waals surface area contributed by atoms with Crippen LogP contribution < -0.4 is 31.2 Å². The molecule has 2 fully saturated rings. The summed E-state index contributed by atoms with van der Waals surface area (Å²) in [6.07, 6.45) is 2.31. The molecule has 0 bridgehead atoms. The third-order valence-corrected chi connectivity index (χ3v) is 5.43. The molecular weight excluding hydrogens is 405 g/mol. The number of pyridine rings is 1. The largest absolute Gasteiger partial charge is 0.545 e. The van der Waals surface area contributed by atoms with Gasteiger partial charge in [0.15, 0.2) is 11.6 Å². The number of alkyl halides is 2. The molecule has 1 atom stereocenters. The van der Waals surface area contributed by atoms with Crippen molar-refractivity contribution in [1.82, 2.24) is 9.88 Å². The maximum absolute atomic E-state index is 15.4. The predicted molar refractivity (Wildman–Crippen MR) is 101 cm³/mol. The Bertz CT molecular complexity index is 1080. The minimum absolute atomic E-state index is 0.0550. The zero-order valence-corrected chi connectivity index (χ0v) is 16.1. The Labute approximate surface area is 169 Å². The summed E-state index contributed by atoms with van der Waals surface area (Å²) in [7, 11) is 0. The average molecular weight is 425 g/mol. The molecule has 8 nitrogen and oxygen atoms in total. The van der Waals surface area contributed by atoms with Gasteiger partial charge in [-0.05, 0) is 19.8 Å². The van der Waals surface area contributed by atoms with Crippen LogP contribution in [0, 0.1) is 5.82 Å². The second-order valence-corrected chi connectivity index (χ2v) is 7.61. The number of carboxylic acid groups (broad SMARTS) is 1. The monoisotopic (exact) mass is 425 g/mol. The van der Waals surface area contributed by atoms with Gasteiger partial charge in [0, 0.05) is 37.9 Å². The van der Waals surface area contributed by atoms with Crippen LogP contribution >= 0.6 is 0 Å². The number of hydrogen-bond donors (Lipinski definition) is 2. The minimum Gasteiger partial charge on any atom is -0.545 e. The minimum atomic E-state index is -3.29. The Morgan fingerprint density at radius 2 is 2.10 bits per heavy atom. The fourth-order valence-electron chi connectivity index (χ4n) is 3.97. The van der Waals surface area contributed by atoms with Crippen molar-refractivity contribution in [1.29, 1.82) is 0 Å². The zero-order valence-electron chi connectivity index (χ0n) is 16.1. The van der Waals surface area contributed by atoms with Crippen molar-refractivity contribution < 1.29 is 27.8 Å². The highest BCUT2D eigenvalue weighted by atomic mass is 19.3. The van der Waals surface area contributed by atoms with Gasteiger partial charge in [-0.2, -0.15) is 8.78 Å². The SMILES string of the molecule is CC1CN(c2c(F)c(N)c3c(=O)c(C(=O)[O-])cn(C4CC4)c3c2OC(F)F)CCN1. The van der Waals surface area contributed by atoms with Crippen LogP contribution in [0.1, 0.15) is 36.2 Å². The Kier molecular flexibility index (Phi) is 5.00. The molecule has 1 saturated heterocycles. The number of fused-ring (bicyclic) bond motifs is 1. The summed E-state index contributed by atoms with van der Waals surface area (Å²) >= 11 is 0. The second kappa shape index (κ2) is 7.38. The van der Waals surface area contributed by atoms with E-state index in [2.05, 4.69) is 5.32 Å². The summed E-state index contributed by atoms with van der Waals surface area (Å²) < 4.78 is 48.2. The molecule has 1 saturated carbocycles. The highest BCUT2D eigenvalue weighted by Gasteiger charge is 2.34. The van der Waals surface area contributed by atoms with Gasteiger partial charge in [0.2, 0.25) is 5.43 Å². The fourth-order valence-corrected chi connectivity index (χ4v) is 3.97. The number of anilines is 2. The summed E-state index contributed by atoms with van der Waals surface area (Å²) in [5.74, 6) is -3.37. The smallest absolute Gasteiger partial charge is 0.387 e. The number of carbonyl (C=O) groups excluding carboxylic acids is 1. The molecule has 1 aliphatic carbocycles. The van der Waals surface area contributed by atoms with Crippen LogP contribution in [0.25, 0.3) is 10.9 Å². The number of nitrogens with zero attached hydrogens (tertiary/aromatic N) is 2. The molecule has 2 aromatic rings. The summed E-state index contributed by atoms with van der Waals surface area (Å²) in [6, 6.07) is -0.300. The van der Waals surface area contributed by atoms with E-state index in [9.17, 15) is 23.5 Å². The molecule has 0 radical (unpaired) electrons. The summed E-state index contributed by atoms with van der Waals surface area (Å²) in [5, 5.41) is 14.1. The van der Waals surface area contributed by atoms with Crippen molar-refractivity contribution in [2.45, 2.75) is 38.5 Å². The van der Waals surface area contributed by atoms with Crippen LogP contribution in [0.2, 0.25) is 0 Å². The molecule has 2 aliphatic rings. The number of nitrogens with two attached hydrogens (primary N) is 1. The molecule has 162 valence electrons. The van der Waals surface area contributed by atoms with Gasteiger partial charge in [-0.25, -0.2) is 4.39 Å². The number of aromatic carboxylic acids is 1.